The van der Waals surface area contributed by atoms with Gasteiger partial charge in [-0.2, -0.15) is 8.78 Å². The van der Waals surface area contributed by atoms with Crippen LogP contribution in [0.1, 0.15) is 18.4 Å². The number of hydrogen-bond acceptors (Lipinski definition) is 1. The molecule has 0 heterocycles. The van der Waals surface area contributed by atoms with Crippen molar-refractivity contribution in [2.24, 2.45) is 0 Å². The average Bonchev–Trinajstić information content (AvgIpc) is 2.25. The first-order valence-electron chi connectivity index (χ1n) is 4.88. The SMILES string of the molecule is O=C(O)CC(CCc1ccccc1)=C(F)F. The predicted molar refractivity (Wildman–Crippen MR) is 56.3 cm³/mol. The van der Waals surface area contributed by atoms with Crippen LogP contribution < -0.4 is 0 Å². The molecule has 0 fully saturated rings. The van der Waals surface area contributed by atoms with Crippen LogP contribution in [0.3, 0.4) is 0 Å². The van der Waals surface area contributed by atoms with E-state index in [0.717, 1.165) is 5.56 Å². The van der Waals surface area contributed by atoms with Crippen LogP contribution >= 0.6 is 0 Å². The fourth-order valence-corrected chi connectivity index (χ4v) is 1.37. The Bertz CT molecular complexity index is 381. The third-order valence-corrected chi connectivity index (χ3v) is 2.19. The molecule has 0 aliphatic carbocycles. The lowest BCUT2D eigenvalue weighted by Gasteiger charge is -2.03. The van der Waals surface area contributed by atoms with E-state index < -0.39 is 18.5 Å². The smallest absolute Gasteiger partial charge is 0.307 e. The van der Waals surface area contributed by atoms with Gasteiger partial charge in [0.15, 0.2) is 0 Å². The summed E-state index contributed by atoms with van der Waals surface area (Å²) >= 11 is 0. The summed E-state index contributed by atoms with van der Waals surface area (Å²) in [6.45, 7) is 0. The van der Waals surface area contributed by atoms with Crippen LogP contribution in [0.4, 0.5) is 8.78 Å². The number of aryl methyl sites for hydroxylation is 1. The van der Waals surface area contributed by atoms with E-state index in [4.69, 9.17) is 5.11 Å². The third-order valence-electron chi connectivity index (χ3n) is 2.19. The van der Waals surface area contributed by atoms with Gasteiger partial charge in [0.2, 0.25) is 0 Å². The zero-order chi connectivity index (χ0) is 12.0. The summed E-state index contributed by atoms with van der Waals surface area (Å²) in [5, 5.41) is 8.46. The van der Waals surface area contributed by atoms with Gasteiger partial charge in [0.1, 0.15) is 0 Å². The van der Waals surface area contributed by atoms with Crippen molar-refractivity contribution in [2.45, 2.75) is 19.3 Å². The van der Waals surface area contributed by atoms with E-state index in [-0.39, 0.29) is 12.0 Å². The summed E-state index contributed by atoms with van der Waals surface area (Å²) in [6.07, 6.45) is -1.95. The van der Waals surface area contributed by atoms with E-state index in [0.29, 0.717) is 6.42 Å². The molecule has 0 saturated heterocycles. The van der Waals surface area contributed by atoms with Gasteiger partial charge in [-0.05, 0) is 18.4 Å². The van der Waals surface area contributed by atoms with E-state index in [1.807, 2.05) is 30.3 Å². The van der Waals surface area contributed by atoms with Crippen molar-refractivity contribution < 1.29 is 18.7 Å². The van der Waals surface area contributed by atoms with Crippen LogP contribution in [0.2, 0.25) is 0 Å². The fourth-order valence-electron chi connectivity index (χ4n) is 1.37. The Balaban J connectivity index is 2.58. The maximum Gasteiger partial charge on any atom is 0.307 e. The van der Waals surface area contributed by atoms with Crippen LogP contribution in [-0.2, 0) is 11.2 Å². The highest BCUT2D eigenvalue weighted by Gasteiger charge is 2.10. The summed E-state index contributed by atoms with van der Waals surface area (Å²) in [4.78, 5) is 10.4. The lowest BCUT2D eigenvalue weighted by molar-refractivity contribution is -0.136. The van der Waals surface area contributed by atoms with Gasteiger partial charge < -0.3 is 5.11 Å². The molecule has 4 heteroatoms. The molecule has 16 heavy (non-hydrogen) atoms. The van der Waals surface area contributed by atoms with E-state index in [1.165, 1.54) is 0 Å². The van der Waals surface area contributed by atoms with Crippen LogP contribution in [0.15, 0.2) is 42.0 Å². The second-order valence-electron chi connectivity index (χ2n) is 3.42. The molecular weight excluding hydrogens is 214 g/mol. The largest absolute Gasteiger partial charge is 0.481 e. The van der Waals surface area contributed by atoms with Gasteiger partial charge in [-0.15, -0.1) is 0 Å². The molecule has 0 aromatic heterocycles. The quantitative estimate of drug-likeness (QED) is 0.836. The maximum atomic E-state index is 12.4. The maximum absolute atomic E-state index is 12.4. The predicted octanol–water partition coefficient (Wildman–Crippen LogP) is 3.24. The number of halogens is 2. The number of rotatable bonds is 5. The molecular formula is C12H12F2O2. The third kappa shape index (κ3) is 4.21. The average molecular weight is 226 g/mol. The summed E-state index contributed by atoms with van der Waals surface area (Å²) < 4.78 is 24.8. The molecule has 0 unspecified atom stereocenters. The summed E-state index contributed by atoms with van der Waals surface area (Å²) in [6, 6.07) is 9.14. The normalized spacial score (nSPS) is 9.88. The van der Waals surface area contributed by atoms with Gasteiger partial charge in [0.05, 0.1) is 6.42 Å². The molecule has 1 aromatic carbocycles. The van der Waals surface area contributed by atoms with Crippen LogP contribution in [0, 0.1) is 0 Å². The minimum Gasteiger partial charge on any atom is -0.481 e. The first-order valence-corrected chi connectivity index (χ1v) is 4.88. The lowest BCUT2D eigenvalue weighted by Crippen LogP contribution is -2.00. The fraction of sp³-hybridized carbons (Fsp3) is 0.250. The molecule has 1 rings (SSSR count). The van der Waals surface area contributed by atoms with Gasteiger partial charge in [0, 0.05) is 5.57 Å². The van der Waals surface area contributed by atoms with Crippen molar-refractivity contribution in [1.29, 1.82) is 0 Å². The number of carboxylic acid groups (broad SMARTS) is 1. The molecule has 0 aliphatic rings. The number of carbonyl (C=O) groups is 1. The van der Waals surface area contributed by atoms with Crippen LogP contribution in [0.5, 0.6) is 0 Å². The standard InChI is InChI=1S/C12H12F2O2/c13-12(14)10(8-11(15)16)7-6-9-4-2-1-3-5-9/h1-5H,6-8H2,(H,15,16). The van der Waals surface area contributed by atoms with Crippen molar-refractivity contribution in [3.63, 3.8) is 0 Å². The zero-order valence-electron chi connectivity index (χ0n) is 8.62. The second kappa shape index (κ2) is 6.00. The number of benzene rings is 1. The minimum absolute atomic E-state index is 0.0820. The van der Waals surface area contributed by atoms with Crippen molar-refractivity contribution in [2.75, 3.05) is 0 Å². The highest BCUT2D eigenvalue weighted by atomic mass is 19.3. The first-order chi connectivity index (χ1) is 7.59. The Morgan fingerprint density at radius 2 is 1.81 bits per heavy atom. The summed E-state index contributed by atoms with van der Waals surface area (Å²) in [5.41, 5.74) is 0.628. The molecule has 2 nitrogen and oxygen atoms in total. The van der Waals surface area contributed by atoms with E-state index >= 15 is 0 Å². The molecule has 0 bridgehead atoms. The molecule has 0 atom stereocenters. The Morgan fingerprint density at radius 3 is 2.31 bits per heavy atom. The Morgan fingerprint density at radius 1 is 1.19 bits per heavy atom. The van der Waals surface area contributed by atoms with Crippen molar-refractivity contribution in [3.8, 4) is 0 Å². The molecule has 1 N–H and O–H groups in total. The van der Waals surface area contributed by atoms with Crippen LogP contribution in [-0.4, -0.2) is 11.1 Å². The Hall–Kier alpha value is -1.71. The minimum atomic E-state index is -1.88. The Labute approximate surface area is 92.2 Å². The van der Waals surface area contributed by atoms with Crippen molar-refractivity contribution in [3.05, 3.63) is 47.5 Å². The van der Waals surface area contributed by atoms with Gasteiger partial charge >= 0.3 is 5.97 Å². The van der Waals surface area contributed by atoms with Crippen LogP contribution in [0.25, 0.3) is 0 Å². The Kier molecular flexibility index (Phi) is 4.64. The number of aliphatic carboxylic acids is 1. The molecule has 0 spiro atoms. The molecule has 0 aliphatic heterocycles. The van der Waals surface area contributed by atoms with E-state index in [9.17, 15) is 13.6 Å². The van der Waals surface area contributed by atoms with Gasteiger partial charge in [0.25, 0.3) is 6.08 Å². The molecule has 0 saturated carbocycles. The van der Waals surface area contributed by atoms with Gasteiger partial charge in [-0.1, -0.05) is 30.3 Å². The second-order valence-corrected chi connectivity index (χ2v) is 3.42. The van der Waals surface area contributed by atoms with Crippen molar-refractivity contribution in [1.82, 2.24) is 0 Å². The monoisotopic (exact) mass is 226 g/mol. The highest BCUT2D eigenvalue weighted by molar-refractivity contribution is 5.70. The number of hydrogen-bond donors (Lipinski definition) is 1. The number of carboxylic acids is 1. The van der Waals surface area contributed by atoms with Gasteiger partial charge in [-0.25, -0.2) is 0 Å². The van der Waals surface area contributed by atoms with Gasteiger partial charge in [-0.3, -0.25) is 4.79 Å². The summed E-state index contributed by atoms with van der Waals surface area (Å²) in [5.74, 6) is -1.23. The topological polar surface area (TPSA) is 37.3 Å². The molecule has 1 aromatic rings. The first kappa shape index (κ1) is 12.4. The van der Waals surface area contributed by atoms with Crippen molar-refractivity contribution >= 4 is 5.97 Å². The summed E-state index contributed by atoms with van der Waals surface area (Å²) in [7, 11) is 0. The molecule has 0 amide bonds. The van der Waals surface area contributed by atoms with E-state index in [1.54, 1.807) is 0 Å². The molecule has 86 valence electrons. The lowest BCUT2D eigenvalue weighted by atomic mass is 10.0. The van der Waals surface area contributed by atoms with E-state index in [2.05, 4.69) is 0 Å². The molecule has 0 radical (unpaired) electrons. The highest BCUT2D eigenvalue weighted by Crippen LogP contribution is 2.18. The zero-order valence-corrected chi connectivity index (χ0v) is 8.62.